The Labute approximate surface area is 253 Å². The van der Waals surface area contributed by atoms with E-state index in [9.17, 15) is 19.5 Å². The number of pyridine rings is 1. The Morgan fingerprint density at radius 2 is 1.79 bits per heavy atom. The Balaban J connectivity index is 1.64. The maximum atomic E-state index is 13.7. The molecule has 1 fully saturated rings. The van der Waals surface area contributed by atoms with Gasteiger partial charge in [-0.05, 0) is 63.4 Å². The molecular weight excluding hydrogens is 568 g/mol. The number of aryl methyl sites for hydroxylation is 3. The van der Waals surface area contributed by atoms with Crippen molar-refractivity contribution in [1.29, 1.82) is 0 Å². The maximum Gasteiger partial charge on any atom is 0.350 e. The van der Waals surface area contributed by atoms with E-state index in [0.717, 1.165) is 36.2 Å². The SMILES string of the molecule is CCCCCOc1ccc(C2C(=C(O)c3nc4c(C)cccn4c3C)C(=O)C(=O)N2c2nc(C)c(C(=O)OCC)s2)cc1. The number of anilines is 1. The van der Waals surface area contributed by atoms with E-state index >= 15 is 0 Å². The summed E-state index contributed by atoms with van der Waals surface area (Å²) in [6.07, 6.45) is 4.91. The van der Waals surface area contributed by atoms with Crippen LogP contribution in [0, 0.1) is 20.8 Å². The number of imidazole rings is 1. The lowest BCUT2D eigenvalue weighted by molar-refractivity contribution is -0.132. The van der Waals surface area contributed by atoms with Gasteiger partial charge in [-0.1, -0.05) is 49.3 Å². The largest absolute Gasteiger partial charge is 0.505 e. The van der Waals surface area contributed by atoms with Crippen LogP contribution >= 0.6 is 11.3 Å². The first-order valence-electron chi connectivity index (χ1n) is 14.3. The molecule has 0 radical (unpaired) electrons. The number of unbranched alkanes of at least 4 members (excludes halogenated alkanes) is 2. The predicted octanol–water partition coefficient (Wildman–Crippen LogP) is 6.09. The van der Waals surface area contributed by atoms with Crippen LogP contribution in [0.3, 0.4) is 0 Å². The number of aliphatic hydroxyl groups excluding tert-OH is 1. The van der Waals surface area contributed by atoms with Crippen molar-refractivity contribution in [2.75, 3.05) is 18.1 Å². The zero-order valence-electron chi connectivity index (χ0n) is 24.8. The minimum atomic E-state index is -1.03. The molecule has 11 heteroatoms. The number of hydrogen-bond donors (Lipinski definition) is 1. The second-order valence-electron chi connectivity index (χ2n) is 10.4. The van der Waals surface area contributed by atoms with Crippen molar-refractivity contribution in [3.8, 4) is 5.75 Å². The molecule has 1 saturated heterocycles. The van der Waals surface area contributed by atoms with Crippen molar-refractivity contribution in [2.45, 2.75) is 59.9 Å². The lowest BCUT2D eigenvalue weighted by Gasteiger charge is -2.23. The Kier molecular flexibility index (Phi) is 8.63. The Morgan fingerprint density at radius 3 is 2.47 bits per heavy atom. The second-order valence-corrected chi connectivity index (χ2v) is 11.3. The van der Waals surface area contributed by atoms with Gasteiger partial charge in [0.15, 0.2) is 10.9 Å². The molecule has 0 bridgehead atoms. The molecule has 3 aromatic heterocycles. The number of amides is 1. The van der Waals surface area contributed by atoms with Gasteiger partial charge < -0.3 is 19.0 Å². The standard InChI is InChI=1S/C32H34N4O6S/c1-6-8-9-17-42-22-14-12-21(13-15-22)25-23(26(37)24-20(5)35-16-10-11-18(3)29(35)34-24)27(38)30(39)36(25)32-33-19(4)28(43-32)31(40)41-7-2/h10-16,25,37H,6-9,17H2,1-5H3. The van der Waals surface area contributed by atoms with E-state index in [1.54, 1.807) is 45.0 Å². The van der Waals surface area contributed by atoms with E-state index in [2.05, 4.69) is 16.9 Å². The zero-order chi connectivity index (χ0) is 30.8. The monoisotopic (exact) mass is 602 g/mol. The summed E-state index contributed by atoms with van der Waals surface area (Å²) in [5.74, 6) is -2.03. The number of carbonyl (C=O) groups excluding carboxylic acids is 3. The van der Waals surface area contributed by atoms with Gasteiger partial charge in [0.2, 0.25) is 0 Å². The highest BCUT2D eigenvalue weighted by molar-refractivity contribution is 7.17. The molecule has 0 aliphatic carbocycles. The quantitative estimate of drug-likeness (QED) is 0.0761. The molecule has 1 aliphatic rings. The molecule has 10 nitrogen and oxygen atoms in total. The molecule has 0 spiro atoms. The fourth-order valence-corrected chi connectivity index (χ4v) is 6.17. The molecule has 43 heavy (non-hydrogen) atoms. The molecule has 1 aromatic carbocycles. The summed E-state index contributed by atoms with van der Waals surface area (Å²) in [6, 6.07) is 9.83. The van der Waals surface area contributed by atoms with Gasteiger partial charge in [-0.3, -0.25) is 14.5 Å². The lowest BCUT2D eigenvalue weighted by atomic mass is 9.96. The third kappa shape index (κ3) is 5.52. The number of esters is 1. The number of Topliss-reactive ketones (excluding diaryl/α,β-unsaturated/α-hetero) is 1. The number of ketones is 1. The third-order valence-corrected chi connectivity index (χ3v) is 8.55. The normalized spacial score (nSPS) is 16.3. The number of rotatable bonds is 10. The first-order valence-corrected chi connectivity index (χ1v) is 15.1. The number of nitrogens with zero attached hydrogens (tertiary/aromatic N) is 4. The summed E-state index contributed by atoms with van der Waals surface area (Å²) in [7, 11) is 0. The summed E-state index contributed by atoms with van der Waals surface area (Å²) in [6.45, 7) is 9.93. The van der Waals surface area contributed by atoms with E-state index < -0.39 is 23.7 Å². The van der Waals surface area contributed by atoms with E-state index in [0.29, 0.717) is 35.0 Å². The number of aliphatic hydroxyl groups is 1. The minimum Gasteiger partial charge on any atom is -0.505 e. The molecule has 1 aliphatic heterocycles. The molecule has 1 atom stereocenters. The van der Waals surface area contributed by atoms with Crippen molar-refractivity contribution in [3.05, 3.63) is 81.3 Å². The average molecular weight is 603 g/mol. The average Bonchev–Trinajstić information content (AvgIpc) is 3.63. The molecule has 4 heterocycles. The zero-order valence-corrected chi connectivity index (χ0v) is 25.7. The fraction of sp³-hybridized carbons (Fsp3) is 0.344. The molecular formula is C32H34N4O6S. The van der Waals surface area contributed by atoms with E-state index in [1.165, 1.54) is 4.90 Å². The fourth-order valence-electron chi connectivity index (χ4n) is 5.18. The topological polar surface area (TPSA) is 123 Å². The number of carbonyl (C=O) groups is 3. The number of fused-ring (bicyclic) bond motifs is 1. The molecule has 224 valence electrons. The van der Waals surface area contributed by atoms with Gasteiger partial charge >= 0.3 is 11.9 Å². The van der Waals surface area contributed by atoms with Crippen molar-refractivity contribution in [3.63, 3.8) is 0 Å². The Bertz CT molecular complexity index is 1740. The highest BCUT2D eigenvalue weighted by Gasteiger charge is 2.49. The first-order chi connectivity index (χ1) is 20.7. The molecule has 4 aromatic rings. The summed E-state index contributed by atoms with van der Waals surface area (Å²) in [4.78, 5) is 50.5. The third-order valence-electron chi connectivity index (χ3n) is 7.42. The number of ether oxygens (including phenoxy) is 2. The summed E-state index contributed by atoms with van der Waals surface area (Å²) in [5.41, 5.74) is 3.16. The predicted molar refractivity (Wildman–Crippen MR) is 164 cm³/mol. The number of aromatic nitrogens is 3. The molecule has 1 unspecified atom stereocenters. The van der Waals surface area contributed by atoms with Crippen LogP contribution in [-0.2, 0) is 14.3 Å². The van der Waals surface area contributed by atoms with Crippen LogP contribution in [0.5, 0.6) is 5.75 Å². The van der Waals surface area contributed by atoms with Crippen LogP contribution in [0.25, 0.3) is 11.4 Å². The minimum absolute atomic E-state index is 0.115. The smallest absolute Gasteiger partial charge is 0.350 e. The van der Waals surface area contributed by atoms with Gasteiger partial charge in [-0.15, -0.1) is 0 Å². The number of benzene rings is 1. The molecule has 1 amide bonds. The van der Waals surface area contributed by atoms with E-state index in [-0.39, 0.29) is 33.6 Å². The molecule has 5 rings (SSSR count). The van der Waals surface area contributed by atoms with Gasteiger partial charge in [0.25, 0.3) is 5.78 Å². The van der Waals surface area contributed by atoms with Gasteiger partial charge in [0, 0.05) is 6.20 Å². The van der Waals surface area contributed by atoms with Crippen molar-refractivity contribution in [1.82, 2.24) is 14.4 Å². The van der Waals surface area contributed by atoms with E-state index in [1.807, 2.05) is 29.7 Å². The van der Waals surface area contributed by atoms with Crippen LogP contribution in [-0.4, -0.2) is 50.3 Å². The van der Waals surface area contributed by atoms with Gasteiger partial charge in [0.1, 0.15) is 22.0 Å². The summed E-state index contributed by atoms with van der Waals surface area (Å²) in [5, 5.41) is 11.9. The lowest BCUT2D eigenvalue weighted by Crippen LogP contribution is -2.29. The highest BCUT2D eigenvalue weighted by atomic mass is 32.1. The van der Waals surface area contributed by atoms with Crippen molar-refractivity contribution < 1.29 is 29.0 Å². The van der Waals surface area contributed by atoms with Gasteiger partial charge in [0.05, 0.1) is 36.2 Å². The van der Waals surface area contributed by atoms with Crippen molar-refractivity contribution >= 4 is 45.5 Å². The summed E-state index contributed by atoms with van der Waals surface area (Å²) < 4.78 is 12.9. The van der Waals surface area contributed by atoms with E-state index in [4.69, 9.17) is 9.47 Å². The molecule has 0 saturated carbocycles. The van der Waals surface area contributed by atoms with Crippen molar-refractivity contribution in [2.24, 2.45) is 0 Å². The Hall–Kier alpha value is -4.51. The number of hydrogen-bond acceptors (Lipinski definition) is 9. The Morgan fingerprint density at radius 1 is 1.05 bits per heavy atom. The van der Waals surface area contributed by atoms with Crippen LogP contribution < -0.4 is 9.64 Å². The van der Waals surface area contributed by atoms with Crippen LogP contribution in [0.15, 0.2) is 48.2 Å². The highest BCUT2D eigenvalue weighted by Crippen LogP contribution is 2.44. The molecule has 1 N–H and O–H groups in total. The van der Waals surface area contributed by atoms with Gasteiger partial charge in [-0.2, -0.15) is 0 Å². The second kappa shape index (κ2) is 12.4. The number of thiazole rings is 1. The van der Waals surface area contributed by atoms with Gasteiger partial charge in [-0.25, -0.2) is 14.8 Å². The summed E-state index contributed by atoms with van der Waals surface area (Å²) >= 11 is 0.965. The van der Waals surface area contributed by atoms with Crippen LogP contribution in [0.4, 0.5) is 5.13 Å². The first kappa shape index (κ1) is 30.0. The maximum absolute atomic E-state index is 13.7. The van der Waals surface area contributed by atoms with Crippen LogP contribution in [0.1, 0.15) is 77.0 Å². The van der Waals surface area contributed by atoms with Crippen LogP contribution in [0.2, 0.25) is 0 Å².